The number of pyridine rings is 1. The average Bonchev–Trinajstić information content (AvgIpc) is 3.54. The molecule has 3 aromatic rings. The minimum atomic E-state index is -5.22. The number of nitriles is 1. The number of rotatable bonds is 12. The van der Waals surface area contributed by atoms with Crippen molar-refractivity contribution in [2.75, 3.05) is 29.5 Å². The molecule has 21 heteroatoms. The van der Waals surface area contributed by atoms with E-state index in [0.717, 1.165) is 17.0 Å². The molecule has 0 aliphatic carbocycles. The van der Waals surface area contributed by atoms with E-state index in [1.54, 1.807) is 6.07 Å². The van der Waals surface area contributed by atoms with Gasteiger partial charge in [-0.1, -0.05) is 12.1 Å². The molecule has 0 bridgehead atoms. The van der Waals surface area contributed by atoms with Gasteiger partial charge in [0, 0.05) is 37.2 Å². The summed E-state index contributed by atoms with van der Waals surface area (Å²) in [5.41, 5.74) is -4.10. The van der Waals surface area contributed by atoms with E-state index in [-0.39, 0.29) is 72.4 Å². The van der Waals surface area contributed by atoms with E-state index < -0.39 is 82.8 Å². The van der Waals surface area contributed by atoms with Crippen LogP contribution in [0.4, 0.5) is 28.9 Å². The quantitative estimate of drug-likeness (QED) is 0.0897. The van der Waals surface area contributed by atoms with Gasteiger partial charge < -0.3 is 25.4 Å². The van der Waals surface area contributed by atoms with Crippen molar-refractivity contribution in [1.82, 2.24) is 25.8 Å². The third kappa shape index (κ3) is 8.13. The second kappa shape index (κ2) is 16.4. The highest BCUT2D eigenvalue weighted by atomic mass is 32.1. The molecule has 308 valence electrons. The number of imide groups is 1. The zero-order valence-electron chi connectivity index (χ0n) is 31.2. The first-order chi connectivity index (χ1) is 27.9. The second-order valence-electron chi connectivity index (χ2n) is 14.0. The molecule has 1 aromatic heterocycles. The third-order valence-corrected chi connectivity index (χ3v) is 10.2. The average molecular weight is 839 g/mol. The molecular formula is C38H34F4N8O8S. The van der Waals surface area contributed by atoms with Crippen molar-refractivity contribution < 1.29 is 56.2 Å². The van der Waals surface area contributed by atoms with E-state index in [9.17, 15) is 47.0 Å². The van der Waals surface area contributed by atoms with Crippen LogP contribution in [0.5, 0.6) is 5.75 Å². The molecule has 2 unspecified atom stereocenters. The van der Waals surface area contributed by atoms with Gasteiger partial charge in [-0.25, -0.2) is 4.39 Å². The van der Waals surface area contributed by atoms with Crippen LogP contribution in [0.2, 0.25) is 0 Å². The number of alkyl halides is 3. The van der Waals surface area contributed by atoms with Gasteiger partial charge >= 0.3 is 6.18 Å². The molecule has 0 spiro atoms. The van der Waals surface area contributed by atoms with Crippen LogP contribution in [-0.2, 0) is 36.6 Å². The minimum absolute atomic E-state index is 0.00235. The Balaban J connectivity index is 0.970. The molecule has 6 amide bonds. The fourth-order valence-corrected chi connectivity index (χ4v) is 7.45. The summed E-state index contributed by atoms with van der Waals surface area (Å²) in [6.07, 6.45) is -5.12. The van der Waals surface area contributed by atoms with Crippen LogP contribution in [0.1, 0.15) is 72.1 Å². The van der Waals surface area contributed by atoms with Crippen LogP contribution in [-0.4, -0.2) is 86.8 Å². The van der Waals surface area contributed by atoms with E-state index in [1.165, 1.54) is 55.3 Å². The van der Waals surface area contributed by atoms with Gasteiger partial charge in [-0.05, 0) is 69.2 Å². The van der Waals surface area contributed by atoms with Gasteiger partial charge in [0.05, 0.1) is 34.8 Å². The molecule has 59 heavy (non-hydrogen) atoms. The smallest absolute Gasteiger partial charge is 0.420 e. The summed E-state index contributed by atoms with van der Waals surface area (Å²) < 4.78 is 61.9. The first kappa shape index (κ1) is 42.1. The van der Waals surface area contributed by atoms with Gasteiger partial charge in [-0.3, -0.25) is 48.9 Å². The van der Waals surface area contributed by atoms with Crippen LogP contribution >= 0.6 is 12.2 Å². The Kier molecular flexibility index (Phi) is 11.7. The number of carbonyl (C=O) groups is 6. The Morgan fingerprint density at radius 3 is 2.44 bits per heavy atom. The topological polar surface area (TPSA) is 214 Å². The van der Waals surface area contributed by atoms with Crippen molar-refractivity contribution in [3.05, 3.63) is 82.4 Å². The predicted molar refractivity (Wildman–Crippen MR) is 201 cm³/mol. The summed E-state index contributed by atoms with van der Waals surface area (Å²) in [7, 11) is 0. The maximum Gasteiger partial charge on any atom is 0.420 e. The van der Waals surface area contributed by atoms with Gasteiger partial charge in [0.25, 0.3) is 17.7 Å². The summed E-state index contributed by atoms with van der Waals surface area (Å²) in [5, 5.41) is 27.0. The summed E-state index contributed by atoms with van der Waals surface area (Å²) in [4.78, 5) is 82.9. The zero-order chi connectivity index (χ0) is 43.0. The molecule has 3 aliphatic rings. The number of nitrogens with zero attached hydrogens (tertiary/aromatic N) is 5. The number of aryl methyl sites for hydroxylation is 1. The third-order valence-electron chi connectivity index (χ3n) is 9.83. The van der Waals surface area contributed by atoms with Gasteiger partial charge in [0.1, 0.15) is 22.9 Å². The number of anilines is 2. The highest BCUT2D eigenvalue weighted by molar-refractivity contribution is 7.81. The lowest BCUT2D eigenvalue weighted by Gasteiger charge is -2.31. The number of nitrogens with one attached hydrogen (secondary N) is 3. The molecule has 3 aliphatic heterocycles. The number of carbonyl (C=O) groups excluding carboxylic acids is 6. The predicted octanol–water partition coefficient (Wildman–Crippen LogP) is 2.52. The van der Waals surface area contributed by atoms with Crippen LogP contribution in [0.25, 0.3) is 0 Å². The lowest BCUT2D eigenvalue weighted by Crippen LogP contribution is -2.53. The normalized spacial score (nSPS) is 18.7. The van der Waals surface area contributed by atoms with Crippen LogP contribution < -0.4 is 30.5 Å². The molecule has 2 aromatic carbocycles. The summed E-state index contributed by atoms with van der Waals surface area (Å²) in [6, 6.07) is 9.42. The summed E-state index contributed by atoms with van der Waals surface area (Å²) in [6.45, 7) is 2.47. The van der Waals surface area contributed by atoms with Crippen LogP contribution in [0.15, 0.2) is 48.7 Å². The van der Waals surface area contributed by atoms with Gasteiger partial charge in [-0.2, -0.15) is 18.4 Å². The summed E-state index contributed by atoms with van der Waals surface area (Å²) in [5.74, 6) is -5.45. The highest BCUT2D eigenvalue weighted by Gasteiger charge is 2.52. The van der Waals surface area contributed by atoms with Crippen LogP contribution in [0.3, 0.4) is 0 Å². The molecule has 2 atom stereocenters. The van der Waals surface area contributed by atoms with Gasteiger partial charge in [0.2, 0.25) is 17.7 Å². The molecule has 4 N–H and O–H groups in total. The van der Waals surface area contributed by atoms with Crippen molar-refractivity contribution in [2.24, 2.45) is 0 Å². The van der Waals surface area contributed by atoms with Crippen molar-refractivity contribution in [1.29, 1.82) is 5.26 Å². The Morgan fingerprint density at radius 1 is 1.08 bits per heavy atom. The fraction of sp³-hybridized carbons (Fsp3) is 0.342. The SMILES string of the molecule is CC1(C)C(=O)N(c2ccc(C#N)c(C(F)(F)F)c2F)C(=S)N1c1ccc(CCC(=O)NCCNC(=O)COc2cccc3c2C(=O)N(C2CCC(=O)NC2=O)C3O)nc1. The molecule has 4 heterocycles. The van der Waals surface area contributed by atoms with E-state index in [2.05, 4.69) is 20.9 Å². The zero-order valence-corrected chi connectivity index (χ0v) is 32.0. The number of thiocarbonyl (C=S) groups is 1. The van der Waals surface area contributed by atoms with E-state index >= 15 is 4.39 Å². The lowest BCUT2D eigenvalue weighted by atomic mass is 10.0. The maximum absolute atomic E-state index is 15.3. The van der Waals surface area contributed by atoms with Gasteiger partial charge in [0.15, 0.2) is 23.8 Å². The molecule has 2 fully saturated rings. The number of aliphatic hydroxyl groups excluding tert-OH is 1. The van der Waals surface area contributed by atoms with Crippen molar-refractivity contribution in [3.63, 3.8) is 0 Å². The number of aromatic nitrogens is 1. The first-order valence-electron chi connectivity index (χ1n) is 17.9. The Labute approximate surface area is 338 Å². The van der Waals surface area contributed by atoms with E-state index in [4.69, 9.17) is 22.2 Å². The van der Waals surface area contributed by atoms with Crippen molar-refractivity contribution >= 4 is 64.1 Å². The standard InChI is InChI=1S/C38H34F4N8O8S/c1-37(2)35(57)49(23-10-6-19(16-43)30(31(23)39)38(40,41)42)36(59)50(37)21-9-7-20(46-17-21)8-12-26(51)44-14-15-45-28(53)18-58-25-5-3-4-22-29(25)34(56)48(33(22)55)24-11-13-27(52)47-32(24)54/h3-7,9-10,17,24,33,55H,8,11-15,18H2,1-2H3,(H,44,51)(H,45,53)(H,47,52,54). The Hall–Kier alpha value is -6.53. The Morgan fingerprint density at radius 2 is 1.80 bits per heavy atom. The monoisotopic (exact) mass is 838 g/mol. The largest absolute Gasteiger partial charge is 0.483 e. The number of hydrogen-bond acceptors (Lipinski definition) is 11. The number of ether oxygens (including phenoxy) is 1. The van der Waals surface area contributed by atoms with Crippen LogP contribution in [0, 0.1) is 17.1 Å². The van der Waals surface area contributed by atoms with Crippen molar-refractivity contribution in [3.8, 4) is 11.8 Å². The molecule has 0 radical (unpaired) electrons. The Bertz CT molecular complexity index is 2320. The number of benzene rings is 2. The molecule has 6 rings (SSSR count). The number of amides is 6. The molecule has 16 nitrogen and oxygen atoms in total. The molecule has 0 saturated carbocycles. The number of halogens is 4. The van der Waals surface area contributed by atoms with E-state index in [0.29, 0.717) is 10.6 Å². The highest BCUT2D eigenvalue weighted by Crippen LogP contribution is 2.42. The number of piperidine rings is 1. The molecular weight excluding hydrogens is 805 g/mol. The fourth-order valence-electron chi connectivity index (χ4n) is 6.94. The summed E-state index contributed by atoms with van der Waals surface area (Å²) >= 11 is 5.45. The first-order valence-corrected chi connectivity index (χ1v) is 18.3. The second-order valence-corrected chi connectivity index (χ2v) is 14.4. The number of hydrogen-bond donors (Lipinski definition) is 4. The molecule has 2 saturated heterocycles. The lowest BCUT2D eigenvalue weighted by molar-refractivity contribution is -0.141. The van der Waals surface area contributed by atoms with Gasteiger partial charge in [-0.15, -0.1) is 0 Å². The minimum Gasteiger partial charge on any atom is -0.483 e. The van der Waals surface area contributed by atoms with Crippen molar-refractivity contribution in [2.45, 2.75) is 63.5 Å². The number of fused-ring (bicyclic) bond motifs is 1. The number of aliphatic hydroxyl groups is 1. The maximum atomic E-state index is 15.3. The van der Waals surface area contributed by atoms with E-state index in [1.807, 2.05) is 0 Å².